The first-order chi connectivity index (χ1) is 17.0. The van der Waals surface area contributed by atoms with Crippen LogP contribution in [0.2, 0.25) is 0 Å². The van der Waals surface area contributed by atoms with Crippen molar-refractivity contribution in [2.45, 2.75) is 44.3 Å². The second-order valence-corrected chi connectivity index (χ2v) is 10.3. The molecule has 1 aliphatic heterocycles. The number of nitrogens with zero attached hydrogens (tertiary/aromatic N) is 5. The lowest BCUT2D eigenvalue weighted by molar-refractivity contribution is 0.122. The van der Waals surface area contributed by atoms with Crippen LogP contribution in [-0.2, 0) is 11.2 Å². The van der Waals surface area contributed by atoms with Crippen molar-refractivity contribution in [2.75, 3.05) is 43.6 Å². The van der Waals surface area contributed by atoms with E-state index in [1.807, 2.05) is 35.9 Å². The average Bonchev–Trinajstić information content (AvgIpc) is 3.29. The standard InChI is InChI=1S/C25H32N6O3S/c1-17-15-31(16-26-17)21-6-5-19(13-22(21)33-3)27-24-28-20(14-25(35-32)7-4-8-25)18(2)23(29-24)30-9-11-34-12-10-30/h5-6,13,15-16,32H,4,7-12,14H2,1-3H3,(H,27,28,29). The molecule has 0 radical (unpaired) electrons. The number of imidazole rings is 1. The first-order valence-electron chi connectivity index (χ1n) is 12.0. The molecule has 3 aromatic rings. The first kappa shape index (κ1) is 23.9. The molecule has 0 bridgehead atoms. The Balaban J connectivity index is 1.48. The fourth-order valence-corrected chi connectivity index (χ4v) is 5.36. The van der Waals surface area contributed by atoms with Crippen LogP contribution in [0.3, 0.4) is 0 Å². The van der Waals surface area contributed by atoms with Gasteiger partial charge in [-0.1, -0.05) is 6.42 Å². The molecule has 1 saturated carbocycles. The normalized spacial score (nSPS) is 17.2. The van der Waals surface area contributed by atoms with E-state index in [0.29, 0.717) is 19.2 Å². The molecule has 0 amide bonds. The molecule has 2 aromatic heterocycles. The van der Waals surface area contributed by atoms with Crippen LogP contribution in [-0.4, -0.2) is 62.2 Å². The lowest BCUT2D eigenvalue weighted by Gasteiger charge is -2.39. The van der Waals surface area contributed by atoms with Crippen LogP contribution in [0, 0.1) is 13.8 Å². The van der Waals surface area contributed by atoms with Crippen molar-refractivity contribution in [3.8, 4) is 11.4 Å². The average molecular weight is 497 g/mol. The van der Waals surface area contributed by atoms with Gasteiger partial charge in [0.25, 0.3) is 0 Å². The van der Waals surface area contributed by atoms with Crippen molar-refractivity contribution in [3.05, 3.63) is 47.7 Å². The summed E-state index contributed by atoms with van der Waals surface area (Å²) in [6, 6.07) is 5.92. The van der Waals surface area contributed by atoms with Gasteiger partial charge in [0.15, 0.2) is 0 Å². The third-order valence-corrected chi connectivity index (χ3v) is 7.85. The smallest absolute Gasteiger partial charge is 0.229 e. The number of aryl methyl sites for hydroxylation is 1. The largest absolute Gasteiger partial charge is 0.494 e. The second kappa shape index (κ2) is 10.0. The van der Waals surface area contributed by atoms with E-state index in [0.717, 1.165) is 90.7 Å². The molecule has 1 aromatic carbocycles. The number of benzene rings is 1. The van der Waals surface area contributed by atoms with E-state index in [1.54, 1.807) is 13.4 Å². The molecular formula is C25H32N6O3S. The lowest BCUT2D eigenvalue weighted by Crippen LogP contribution is -2.39. The number of aromatic nitrogens is 4. The molecule has 2 fully saturated rings. The summed E-state index contributed by atoms with van der Waals surface area (Å²) in [6.45, 7) is 7.01. The molecule has 1 saturated heterocycles. The van der Waals surface area contributed by atoms with Gasteiger partial charge in [-0.3, -0.25) is 0 Å². The summed E-state index contributed by atoms with van der Waals surface area (Å²) < 4.78 is 23.0. The minimum absolute atomic E-state index is 0.146. The molecule has 3 heterocycles. The summed E-state index contributed by atoms with van der Waals surface area (Å²) in [5, 5.41) is 3.40. The highest BCUT2D eigenvalue weighted by molar-refractivity contribution is 7.95. The van der Waals surface area contributed by atoms with Crippen molar-refractivity contribution in [3.63, 3.8) is 0 Å². The molecule has 2 aliphatic rings. The van der Waals surface area contributed by atoms with E-state index in [1.165, 1.54) is 0 Å². The molecule has 0 spiro atoms. The van der Waals surface area contributed by atoms with E-state index in [-0.39, 0.29) is 4.75 Å². The fourth-order valence-electron chi connectivity index (χ4n) is 4.69. The number of rotatable bonds is 8. The number of hydrogen-bond acceptors (Lipinski definition) is 9. The van der Waals surface area contributed by atoms with Gasteiger partial charge in [-0.05, 0) is 50.9 Å². The van der Waals surface area contributed by atoms with Gasteiger partial charge in [-0.2, -0.15) is 4.98 Å². The number of methoxy groups -OCH3 is 1. The zero-order valence-electron chi connectivity index (χ0n) is 20.5. The molecule has 10 heteroatoms. The summed E-state index contributed by atoms with van der Waals surface area (Å²) in [6.07, 6.45) is 7.60. The predicted octanol–water partition coefficient (Wildman–Crippen LogP) is 4.54. The summed E-state index contributed by atoms with van der Waals surface area (Å²) in [5.41, 5.74) is 4.73. The number of morpholine rings is 1. The Kier molecular flexibility index (Phi) is 6.86. The number of hydrogen-bond donors (Lipinski definition) is 2. The topological polar surface area (TPSA) is 97.6 Å². The van der Waals surface area contributed by atoms with Gasteiger partial charge in [0, 0.05) is 47.8 Å². The van der Waals surface area contributed by atoms with E-state index < -0.39 is 0 Å². The first-order valence-corrected chi connectivity index (χ1v) is 12.8. The van der Waals surface area contributed by atoms with Crippen molar-refractivity contribution < 1.29 is 14.0 Å². The van der Waals surface area contributed by atoms with Gasteiger partial charge in [-0.15, -0.1) is 0 Å². The van der Waals surface area contributed by atoms with E-state index in [9.17, 15) is 4.55 Å². The monoisotopic (exact) mass is 496 g/mol. The molecule has 0 unspecified atom stereocenters. The van der Waals surface area contributed by atoms with Crippen molar-refractivity contribution >= 4 is 29.5 Å². The van der Waals surface area contributed by atoms with Crippen LogP contribution < -0.4 is 15.0 Å². The Morgan fingerprint density at radius 3 is 2.63 bits per heavy atom. The molecule has 186 valence electrons. The molecule has 1 aliphatic carbocycles. The maximum Gasteiger partial charge on any atom is 0.229 e. The minimum atomic E-state index is -0.146. The predicted molar refractivity (Wildman–Crippen MR) is 138 cm³/mol. The van der Waals surface area contributed by atoms with Crippen molar-refractivity contribution in [1.29, 1.82) is 0 Å². The highest BCUT2D eigenvalue weighted by Crippen LogP contribution is 2.45. The van der Waals surface area contributed by atoms with Crippen LogP contribution in [0.5, 0.6) is 5.75 Å². The maximum atomic E-state index is 10.0. The Morgan fingerprint density at radius 1 is 1.20 bits per heavy atom. The summed E-state index contributed by atoms with van der Waals surface area (Å²) >= 11 is 0.982. The Hall–Kier alpha value is -2.82. The van der Waals surface area contributed by atoms with Gasteiger partial charge >= 0.3 is 0 Å². The van der Waals surface area contributed by atoms with Gasteiger partial charge in [0.2, 0.25) is 5.95 Å². The highest BCUT2D eigenvalue weighted by atomic mass is 32.2. The Morgan fingerprint density at radius 2 is 2.00 bits per heavy atom. The third-order valence-electron chi connectivity index (χ3n) is 6.91. The summed E-state index contributed by atoms with van der Waals surface area (Å²) in [4.78, 5) is 16.4. The van der Waals surface area contributed by atoms with E-state index in [2.05, 4.69) is 22.1 Å². The Bertz CT molecular complexity index is 1180. The molecule has 35 heavy (non-hydrogen) atoms. The molecular weight excluding hydrogens is 464 g/mol. The number of nitrogens with one attached hydrogen (secondary N) is 1. The molecule has 9 nitrogen and oxygen atoms in total. The van der Waals surface area contributed by atoms with Crippen molar-refractivity contribution in [1.82, 2.24) is 19.5 Å². The Labute approximate surface area is 210 Å². The lowest BCUT2D eigenvalue weighted by atomic mass is 9.80. The van der Waals surface area contributed by atoms with E-state index in [4.69, 9.17) is 19.4 Å². The van der Waals surface area contributed by atoms with Crippen LogP contribution in [0.4, 0.5) is 17.5 Å². The van der Waals surface area contributed by atoms with Gasteiger partial charge in [0.05, 0.1) is 43.7 Å². The van der Waals surface area contributed by atoms with Gasteiger partial charge < -0.3 is 28.8 Å². The number of anilines is 3. The van der Waals surface area contributed by atoms with Gasteiger partial charge in [0.1, 0.15) is 11.6 Å². The second-order valence-electron chi connectivity index (χ2n) is 9.28. The molecule has 5 rings (SSSR count). The molecule has 2 N–H and O–H groups in total. The highest BCUT2D eigenvalue weighted by Gasteiger charge is 2.39. The van der Waals surface area contributed by atoms with Gasteiger partial charge in [-0.25, -0.2) is 9.97 Å². The zero-order chi connectivity index (χ0) is 24.4. The minimum Gasteiger partial charge on any atom is -0.494 e. The quantitative estimate of drug-likeness (QED) is 0.436. The SMILES string of the molecule is COc1cc(Nc2nc(CC3(SO)CCC3)c(C)c(N3CCOCC3)n2)ccc1-n1cnc(C)c1. The van der Waals surface area contributed by atoms with Crippen LogP contribution in [0.25, 0.3) is 5.69 Å². The van der Waals surface area contributed by atoms with Crippen LogP contribution in [0.15, 0.2) is 30.7 Å². The van der Waals surface area contributed by atoms with Crippen molar-refractivity contribution in [2.24, 2.45) is 0 Å². The van der Waals surface area contributed by atoms with Crippen LogP contribution >= 0.6 is 12.0 Å². The summed E-state index contributed by atoms with van der Waals surface area (Å²) in [5.74, 6) is 2.19. The number of ether oxygens (including phenoxy) is 2. The zero-order valence-corrected chi connectivity index (χ0v) is 21.3. The van der Waals surface area contributed by atoms with Crippen LogP contribution in [0.1, 0.15) is 36.2 Å². The third kappa shape index (κ3) is 4.96. The molecule has 0 atom stereocenters. The maximum absolute atomic E-state index is 10.0. The fraction of sp³-hybridized carbons (Fsp3) is 0.480. The summed E-state index contributed by atoms with van der Waals surface area (Å²) in [7, 11) is 1.66. The van der Waals surface area contributed by atoms with E-state index >= 15 is 0 Å².